The van der Waals surface area contributed by atoms with E-state index in [1.54, 1.807) is 11.0 Å². The van der Waals surface area contributed by atoms with Crippen LogP contribution in [0.1, 0.15) is 47.3 Å². The Morgan fingerprint density at radius 2 is 2.15 bits per heavy atom. The molecule has 0 radical (unpaired) electrons. The maximum Gasteiger partial charge on any atom is 0.308 e. The van der Waals surface area contributed by atoms with E-state index in [-0.39, 0.29) is 17.3 Å². The van der Waals surface area contributed by atoms with Crippen LogP contribution in [0, 0.1) is 11.7 Å². The fraction of sp³-hybridized carbons (Fsp3) is 0.400. The quantitative estimate of drug-likeness (QED) is 0.742. The van der Waals surface area contributed by atoms with Crippen LogP contribution in [0.5, 0.6) is 5.06 Å². The zero-order valence-electron chi connectivity index (χ0n) is 18.2. The minimum absolute atomic E-state index is 0.210. The summed E-state index contributed by atoms with van der Waals surface area (Å²) in [5.74, 6) is -1.92. The molecule has 0 spiro atoms. The second-order valence-electron chi connectivity index (χ2n) is 6.63. The molecule has 1 unspecified atom stereocenters. The maximum absolute atomic E-state index is 15.1. The van der Waals surface area contributed by atoms with E-state index in [2.05, 4.69) is 0 Å². The number of thiophene rings is 1. The Kier molecular flexibility index (Phi) is 3.51. The van der Waals surface area contributed by atoms with Crippen molar-refractivity contribution in [3.8, 4) is 5.06 Å². The van der Waals surface area contributed by atoms with Crippen LogP contribution in [0.2, 0.25) is 0 Å². The Morgan fingerprint density at radius 3 is 2.88 bits per heavy atom. The highest BCUT2D eigenvalue weighted by atomic mass is 32.1. The monoisotopic (exact) mass is 377 g/mol. The molecule has 2 heterocycles. The Morgan fingerprint density at radius 1 is 1.38 bits per heavy atom. The van der Waals surface area contributed by atoms with Crippen molar-refractivity contribution in [2.75, 3.05) is 6.54 Å². The molecular weight excluding hydrogens is 353 g/mol. The average Bonchev–Trinajstić information content (AvgIpc) is 3.47. The topological polar surface area (TPSA) is 46.6 Å². The second-order valence-corrected chi connectivity index (χ2v) is 7.73. The predicted octanol–water partition coefficient (Wildman–Crippen LogP) is 3.89. The minimum atomic E-state index is -1.08. The normalized spacial score (nSPS) is 20.4. The molecule has 2 aliphatic rings. The van der Waals surface area contributed by atoms with Crippen molar-refractivity contribution in [2.24, 2.45) is 5.92 Å². The van der Waals surface area contributed by atoms with Gasteiger partial charge in [-0.1, -0.05) is 18.1 Å². The Bertz CT molecular complexity index is 1020. The summed E-state index contributed by atoms with van der Waals surface area (Å²) in [4.78, 5) is 27.2. The zero-order valence-corrected chi connectivity index (χ0v) is 15.0. The first-order valence-corrected chi connectivity index (χ1v) is 9.34. The SMILES string of the molecule is [2H]c1c([2H])c([2H])c(C(C(=O)C2CC2)N2CCc3sc(OC(C)=O)cc3C2)c(F)c1[2H]. The molecule has 1 saturated carbocycles. The molecule has 4 rings (SSSR count). The lowest BCUT2D eigenvalue weighted by Crippen LogP contribution is -2.38. The van der Waals surface area contributed by atoms with E-state index in [0.29, 0.717) is 37.4 Å². The number of ether oxygens (including phenoxy) is 1. The first kappa shape index (κ1) is 13.2. The molecule has 1 aliphatic carbocycles. The van der Waals surface area contributed by atoms with Gasteiger partial charge in [0, 0.05) is 36.4 Å². The number of hydrogen-bond acceptors (Lipinski definition) is 5. The molecule has 0 amide bonds. The molecule has 1 atom stereocenters. The van der Waals surface area contributed by atoms with Crippen molar-refractivity contribution in [1.29, 1.82) is 0 Å². The van der Waals surface area contributed by atoms with Gasteiger partial charge in [0.25, 0.3) is 0 Å². The number of ketones is 1. The van der Waals surface area contributed by atoms with Gasteiger partial charge in [0.1, 0.15) is 5.82 Å². The standard InChI is InChI=1S/C20H20FNO3S/c1-12(23)25-18-10-14-11-22(9-8-17(14)26-18)19(20(24)13-6-7-13)15-4-2-3-5-16(15)21/h2-5,10,13,19H,6-9,11H2,1H3/i2D,3D,4D,5D. The van der Waals surface area contributed by atoms with Gasteiger partial charge in [0.15, 0.2) is 10.8 Å². The van der Waals surface area contributed by atoms with E-state index < -0.39 is 42.0 Å². The Hall–Kier alpha value is -2.05. The van der Waals surface area contributed by atoms with Gasteiger partial charge in [-0.25, -0.2) is 4.39 Å². The molecule has 6 heteroatoms. The van der Waals surface area contributed by atoms with E-state index >= 15 is 4.39 Å². The van der Waals surface area contributed by atoms with Crippen LogP contribution in [0.4, 0.5) is 4.39 Å². The number of nitrogens with zero attached hydrogens (tertiary/aromatic N) is 1. The third kappa shape index (κ3) is 3.44. The van der Waals surface area contributed by atoms with Crippen LogP contribution in [-0.2, 0) is 22.6 Å². The molecule has 2 aromatic rings. The van der Waals surface area contributed by atoms with Crippen LogP contribution >= 0.6 is 11.3 Å². The molecule has 1 fully saturated rings. The number of carbonyl (C=O) groups is 2. The molecular formula is C20H20FNO3S. The van der Waals surface area contributed by atoms with Crippen molar-refractivity contribution in [1.82, 2.24) is 4.90 Å². The molecule has 0 saturated heterocycles. The molecule has 0 bridgehead atoms. The zero-order chi connectivity index (χ0) is 21.7. The summed E-state index contributed by atoms with van der Waals surface area (Å²) < 4.78 is 51.9. The third-order valence-corrected chi connectivity index (χ3v) is 5.79. The molecule has 1 aliphatic heterocycles. The molecule has 1 aromatic carbocycles. The summed E-state index contributed by atoms with van der Waals surface area (Å²) in [5, 5.41) is 0.465. The summed E-state index contributed by atoms with van der Waals surface area (Å²) in [6.45, 7) is 2.05. The van der Waals surface area contributed by atoms with E-state index in [1.165, 1.54) is 18.3 Å². The maximum atomic E-state index is 15.1. The van der Waals surface area contributed by atoms with E-state index in [4.69, 9.17) is 10.2 Å². The highest BCUT2D eigenvalue weighted by Gasteiger charge is 2.40. The fourth-order valence-corrected chi connectivity index (χ4v) is 4.38. The van der Waals surface area contributed by atoms with Gasteiger partial charge in [-0.05, 0) is 36.9 Å². The lowest BCUT2D eigenvalue weighted by atomic mass is 9.95. The first-order chi connectivity index (χ1) is 14.2. The van der Waals surface area contributed by atoms with Crippen LogP contribution in [0.15, 0.2) is 30.2 Å². The number of Topliss-reactive ketones (excluding diaryl/α,β-unsaturated/α-hetero) is 1. The average molecular weight is 377 g/mol. The van der Waals surface area contributed by atoms with Gasteiger partial charge in [-0.15, -0.1) is 11.3 Å². The van der Waals surface area contributed by atoms with Crippen molar-refractivity contribution >= 4 is 23.1 Å². The largest absolute Gasteiger partial charge is 0.416 e. The highest BCUT2D eigenvalue weighted by Crippen LogP contribution is 2.41. The molecule has 0 N–H and O–H groups in total. The molecule has 136 valence electrons. The molecule has 4 nitrogen and oxygen atoms in total. The number of rotatable bonds is 5. The van der Waals surface area contributed by atoms with Gasteiger partial charge in [0.05, 0.1) is 11.5 Å². The van der Waals surface area contributed by atoms with Crippen molar-refractivity contribution in [3.05, 3.63) is 52.1 Å². The lowest BCUT2D eigenvalue weighted by molar-refractivity contribution is -0.131. The fourth-order valence-electron chi connectivity index (χ4n) is 3.33. The number of fused-ring (bicyclic) bond motifs is 1. The van der Waals surface area contributed by atoms with E-state index in [9.17, 15) is 9.59 Å². The summed E-state index contributed by atoms with van der Waals surface area (Å²) in [6.07, 6.45) is 1.98. The number of halogens is 1. The summed E-state index contributed by atoms with van der Waals surface area (Å²) >= 11 is 1.36. The first-order valence-electron chi connectivity index (χ1n) is 10.5. The Balaban J connectivity index is 1.74. The Labute approximate surface area is 161 Å². The highest BCUT2D eigenvalue weighted by molar-refractivity contribution is 7.14. The van der Waals surface area contributed by atoms with Crippen LogP contribution in [0.3, 0.4) is 0 Å². The van der Waals surface area contributed by atoms with Crippen LogP contribution < -0.4 is 4.74 Å². The second kappa shape index (κ2) is 6.93. The summed E-state index contributed by atoms with van der Waals surface area (Å²) in [5.41, 5.74) is 0.592. The summed E-state index contributed by atoms with van der Waals surface area (Å²) in [7, 11) is 0. The smallest absolute Gasteiger partial charge is 0.308 e. The van der Waals surface area contributed by atoms with Crippen molar-refractivity contribution in [2.45, 2.75) is 38.8 Å². The molecule has 26 heavy (non-hydrogen) atoms. The number of esters is 1. The van der Waals surface area contributed by atoms with Crippen molar-refractivity contribution < 1.29 is 24.2 Å². The molecule has 1 aromatic heterocycles. The number of carbonyl (C=O) groups excluding carboxylic acids is 2. The van der Waals surface area contributed by atoms with E-state index in [0.717, 1.165) is 10.4 Å². The van der Waals surface area contributed by atoms with Gasteiger partial charge in [-0.3, -0.25) is 14.5 Å². The number of hydrogen-bond donors (Lipinski definition) is 0. The van der Waals surface area contributed by atoms with Gasteiger partial charge >= 0.3 is 5.97 Å². The van der Waals surface area contributed by atoms with E-state index in [1.807, 2.05) is 0 Å². The minimum Gasteiger partial charge on any atom is -0.416 e. The summed E-state index contributed by atoms with van der Waals surface area (Å²) in [6, 6.07) is -1.81. The van der Waals surface area contributed by atoms with Gasteiger partial charge in [0.2, 0.25) is 0 Å². The van der Waals surface area contributed by atoms with Crippen LogP contribution in [0.25, 0.3) is 0 Å². The lowest BCUT2D eigenvalue weighted by Gasteiger charge is -2.34. The van der Waals surface area contributed by atoms with Crippen molar-refractivity contribution in [3.63, 3.8) is 0 Å². The predicted molar refractivity (Wildman–Crippen MR) is 96.6 cm³/mol. The van der Waals surface area contributed by atoms with Gasteiger partial charge in [-0.2, -0.15) is 0 Å². The number of benzene rings is 1. The van der Waals surface area contributed by atoms with Gasteiger partial charge < -0.3 is 4.74 Å². The third-order valence-electron chi connectivity index (χ3n) is 4.67. The van der Waals surface area contributed by atoms with Crippen LogP contribution in [-0.4, -0.2) is 23.2 Å².